The number of nitrogens with two attached hydrogens (primary N) is 1. The van der Waals surface area contributed by atoms with E-state index in [2.05, 4.69) is 4.98 Å². The number of nitrogens with zero attached hydrogens (tertiary/aromatic N) is 2. The average Bonchev–Trinajstić information content (AvgIpc) is 2.43. The molecule has 0 aliphatic carbocycles. The van der Waals surface area contributed by atoms with Crippen molar-refractivity contribution < 1.29 is 4.79 Å². The van der Waals surface area contributed by atoms with Gasteiger partial charge in [-0.3, -0.25) is 9.78 Å². The Morgan fingerprint density at radius 1 is 1.32 bits per heavy atom. The molecule has 19 heavy (non-hydrogen) atoms. The first-order valence-electron chi connectivity index (χ1n) is 6.45. The van der Waals surface area contributed by atoms with Crippen molar-refractivity contribution in [1.29, 1.82) is 0 Å². The second-order valence-electron chi connectivity index (χ2n) is 4.80. The molecule has 1 amide bonds. The predicted octanol–water partition coefficient (Wildman–Crippen LogP) is 1.93. The third-order valence-corrected chi connectivity index (χ3v) is 3.19. The van der Waals surface area contributed by atoms with Crippen molar-refractivity contribution >= 4 is 16.7 Å². The summed E-state index contributed by atoms with van der Waals surface area (Å²) in [5, 5.41) is 2.22. The fourth-order valence-electron chi connectivity index (χ4n) is 2.15. The highest BCUT2D eigenvalue weighted by Gasteiger charge is 2.17. The first-order valence-corrected chi connectivity index (χ1v) is 6.45. The smallest absolute Gasteiger partial charge is 0.236 e. The zero-order chi connectivity index (χ0) is 13.8. The Morgan fingerprint density at radius 3 is 2.74 bits per heavy atom. The number of hydrogen-bond donors (Lipinski definition) is 1. The van der Waals surface area contributed by atoms with Crippen LogP contribution in [-0.2, 0) is 11.3 Å². The van der Waals surface area contributed by atoms with Crippen molar-refractivity contribution in [1.82, 2.24) is 9.88 Å². The van der Waals surface area contributed by atoms with E-state index in [1.54, 1.807) is 11.1 Å². The third-order valence-electron chi connectivity index (χ3n) is 3.19. The van der Waals surface area contributed by atoms with Crippen LogP contribution in [0.2, 0.25) is 0 Å². The number of amides is 1. The standard InChI is InChI=1S/C15H19N3O/c1-11(2)18(15(19)9-16)10-14-13-6-4-3-5-12(13)7-8-17-14/h3-8,11H,9-10,16H2,1-2H3. The summed E-state index contributed by atoms with van der Waals surface area (Å²) in [6, 6.07) is 10.1. The summed E-state index contributed by atoms with van der Waals surface area (Å²) >= 11 is 0. The Labute approximate surface area is 113 Å². The van der Waals surface area contributed by atoms with Gasteiger partial charge in [0.05, 0.1) is 18.8 Å². The Morgan fingerprint density at radius 2 is 2.05 bits per heavy atom. The number of carbonyl (C=O) groups excluding carboxylic acids is 1. The van der Waals surface area contributed by atoms with Crippen molar-refractivity contribution in [2.24, 2.45) is 5.73 Å². The molecule has 2 N–H and O–H groups in total. The first kappa shape index (κ1) is 13.5. The van der Waals surface area contributed by atoms with E-state index >= 15 is 0 Å². The maximum atomic E-state index is 11.9. The molecule has 0 spiro atoms. The molecule has 4 nitrogen and oxygen atoms in total. The Kier molecular flexibility index (Phi) is 4.12. The molecule has 0 radical (unpaired) electrons. The highest BCUT2D eigenvalue weighted by atomic mass is 16.2. The van der Waals surface area contributed by atoms with E-state index < -0.39 is 0 Å². The molecule has 2 rings (SSSR count). The molecule has 1 heterocycles. The van der Waals surface area contributed by atoms with Crippen LogP contribution in [-0.4, -0.2) is 28.4 Å². The summed E-state index contributed by atoms with van der Waals surface area (Å²) in [5.74, 6) is -0.0512. The highest BCUT2D eigenvalue weighted by Crippen LogP contribution is 2.18. The lowest BCUT2D eigenvalue weighted by molar-refractivity contribution is -0.132. The molecule has 1 aromatic carbocycles. The number of hydrogen-bond acceptors (Lipinski definition) is 3. The number of pyridine rings is 1. The number of aromatic nitrogens is 1. The predicted molar refractivity (Wildman–Crippen MR) is 76.5 cm³/mol. The third kappa shape index (κ3) is 2.90. The van der Waals surface area contributed by atoms with E-state index in [0.29, 0.717) is 6.54 Å². The van der Waals surface area contributed by atoms with Gasteiger partial charge in [0.25, 0.3) is 0 Å². The van der Waals surface area contributed by atoms with Gasteiger partial charge in [-0.05, 0) is 25.3 Å². The summed E-state index contributed by atoms with van der Waals surface area (Å²) < 4.78 is 0. The van der Waals surface area contributed by atoms with Crippen molar-refractivity contribution in [3.8, 4) is 0 Å². The summed E-state index contributed by atoms with van der Waals surface area (Å²) in [4.78, 5) is 18.0. The molecule has 2 aromatic rings. The quantitative estimate of drug-likeness (QED) is 0.910. The van der Waals surface area contributed by atoms with Gasteiger partial charge in [-0.25, -0.2) is 0 Å². The number of benzene rings is 1. The zero-order valence-corrected chi connectivity index (χ0v) is 11.3. The Bertz CT molecular complexity index is 575. The molecule has 0 atom stereocenters. The van der Waals surface area contributed by atoms with Gasteiger partial charge in [0.15, 0.2) is 0 Å². The van der Waals surface area contributed by atoms with Crippen LogP contribution < -0.4 is 5.73 Å². The lowest BCUT2D eigenvalue weighted by atomic mass is 10.1. The highest BCUT2D eigenvalue weighted by molar-refractivity contribution is 5.85. The van der Waals surface area contributed by atoms with Gasteiger partial charge in [-0.15, -0.1) is 0 Å². The molecule has 0 saturated carbocycles. The molecule has 4 heteroatoms. The van der Waals surface area contributed by atoms with Crippen LogP contribution in [0.15, 0.2) is 36.5 Å². The first-order chi connectivity index (χ1) is 9.13. The Hall–Kier alpha value is -1.94. The van der Waals surface area contributed by atoms with E-state index in [9.17, 15) is 4.79 Å². The van der Waals surface area contributed by atoms with Crippen LogP contribution in [0.1, 0.15) is 19.5 Å². The van der Waals surface area contributed by atoms with Crippen LogP contribution >= 0.6 is 0 Å². The van der Waals surface area contributed by atoms with E-state index in [1.165, 1.54) is 0 Å². The molecular formula is C15H19N3O. The molecule has 100 valence electrons. The van der Waals surface area contributed by atoms with Gasteiger partial charge < -0.3 is 10.6 Å². The van der Waals surface area contributed by atoms with Gasteiger partial charge >= 0.3 is 0 Å². The molecule has 0 aliphatic rings. The van der Waals surface area contributed by atoms with Crippen molar-refractivity contribution in [2.75, 3.05) is 6.54 Å². The summed E-state index contributed by atoms with van der Waals surface area (Å²) in [6.07, 6.45) is 1.78. The van der Waals surface area contributed by atoms with Gasteiger partial charge in [-0.1, -0.05) is 24.3 Å². The summed E-state index contributed by atoms with van der Waals surface area (Å²) in [6.45, 7) is 4.50. The topological polar surface area (TPSA) is 59.2 Å². The molecule has 0 bridgehead atoms. The average molecular weight is 257 g/mol. The minimum atomic E-state index is -0.0512. The Balaban J connectivity index is 2.36. The summed E-state index contributed by atoms with van der Waals surface area (Å²) in [5.41, 5.74) is 6.38. The fourth-order valence-corrected chi connectivity index (χ4v) is 2.15. The van der Waals surface area contributed by atoms with E-state index in [-0.39, 0.29) is 18.5 Å². The lowest BCUT2D eigenvalue weighted by Crippen LogP contribution is -2.40. The summed E-state index contributed by atoms with van der Waals surface area (Å²) in [7, 11) is 0. The molecular weight excluding hydrogens is 238 g/mol. The molecule has 0 unspecified atom stereocenters. The maximum Gasteiger partial charge on any atom is 0.236 e. The molecule has 0 saturated heterocycles. The number of fused-ring (bicyclic) bond motifs is 1. The normalized spacial score (nSPS) is 10.9. The van der Waals surface area contributed by atoms with E-state index in [0.717, 1.165) is 16.5 Å². The van der Waals surface area contributed by atoms with E-state index in [4.69, 9.17) is 5.73 Å². The van der Waals surface area contributed by atoms with Gasteiger partial charge in [0.1, 0.15) is 0 Å². The SMILES string of the molecule is CC(C)N(Cc1nccc2ccccc12)C(=O)CN. The number of rotatable bonds is 4. The molecule has 0 aliphatic heterocycles. The second-order valence-corrected chi connectivity index (χ2v) is 4.80. The van der Waals surface area contributed by atoms with Crippen LogP contribution in [0, 0.1) is 0 Å². The van der Waals surface area contributed by atoms with Gasteiger partial charge in [0, 0.05) is 17.6 Å². The van der Waals surface area contributed by atoms with Crippen LogP contribution in [0.25, 0.3) is 10.8 Å². The number of carbonyl (C=O) groups is 1. The van der Waals surface area contributed by atoms with Gasteiger partial charge in [-0.2, -0.15) is 0 Å². The fraction of sp³-hybridized carbons (Fsp3) is 0.333. The second kappa shape index (κ2) is 5.80. The lowest BCUT2D eigenvalue weighted by Gasteiger charge is -2.26. The zero-order valence-electron chi connectivity index (χ0n) is 11.3. The van der Waals surface area contributed by atoms with Crippen molar-refractivity contribution in [2.45, 2.75) is 26.4 Å². The van der Waals surface area contributed by atoms with Crippen molar-refractivity contribution in [3.63, 3.8) is 0 Å². The van der Waals surface area contributed by atoms with Gasteiger partial charge in [0.2, 0.25) is 5.91 Å². The minimum Gasteiger partial charge on any atom is -0.333 e. The largest absolute Gasteiger partial charge is 0.333 e. The monoisotopic (exact) mass is 257 g/mol. The van der Waals surface area contributed by atoms with Crippen molar-refractivity contribution in [3.05, 3.63) is 42.2 Å². The van der Waals surface area contributed by atoms with Crippen LogP contribution in [0.4, 0.5) is 0 Å². The maximum absolute atomic E-state index is 11.9. The minimum absolute atomic E-state index is 0.0307. The van der Waals surface area contributed by atoms with E-state index in [1.807, 2.05) is 44.2 Å². The van der Waals surface area contributed by atoms with Crippen LogP contribution in [0.3, 0.4) is 0 Å². The molecule has 0 fully saturated rings. The molecule has 1 aromatic heterocycles. The van der Waals surface area contributed by atoms with Crippen LogP contribution in [0.5, 0.6) is 0 Å².